The monoisotopic (exact) mass is 432 g/mol. The van der Waals surface area contributed by atoms with Gasteiger partial charge in [0.15, 0.2) is 8.32 Å². The third-order valence-electron chi connectivity index (χ3n) is 6.73. The molecule has 7 heteroatoms. The van der Waals surface area contributed by atoms with Crippen molar-refractivity contribution in [2.75, 3.05) is 34.7 Å². The molecule has 172 valence electrons. The first-order valence-electron chi connectivity index (χ1n) is 10.6. The SMILES string of the molecule is COCO[C@@H]1[C@H](C/C=C(\C)CO)[C@@H](C)[C@H](O[Si](C)(C)C(C)(C)C)[C@@H](OC)[C@H]1OC. The summed E-state index contributed by atoms with van der Waals surface area (Å²) >= 11 is 0. The molecule has 0 aliphatic heterocycles. The van der Waals surface area contributed by atoms with Gasteiger partial charge in [0, 0.05) is 21.3 Å². The first kappa shape index (κ1) is 26.8. The molecule has 1 fully saturated rings. The molecular formula is C22H44O6Si. The number of hydrogen-bond acceptors (Lipinski definition) is 6. The normalized spacial score (nSPS) is 31.9. The van der Waals surface area contributed by atoms with Gasteiger partial charge >= 0.3 is 0 Å². The molecule has 0 heterocycles. The molecule has 1 aliphatic carbocycles. The number of hydrogen-bond donors (Lipinski definition) is 1. The molecule has 0 aromatic rings. The minimum atomic E-state index is -2.02. The van der Waals surface area contributed by atoms with E-state index in [0.717, 1.165) is 12.0 Å². The molecule has 0 saturated heterocycles. The number of methoxy groups -OCH3 is 3. The Kier molecular flexibility index (Phi) is 10.5. The molecule has 6 atom stereocenters. The smallest absolute Gasteiger partial charge is 0.192 e. The molecule has 0 spiro atoms. The number of rotatable bonds is 10. The van der Waals surface area contributed by atoms with Crippen molar-refractivity contribution in [1.82, 2.24) is 0 Å². The van der Waals surface area contributed by atoms with Gasteiger partial charge in [-0.1, -0.05) is 39.3 Å². The maximum Gasteiger partial charge on any atom is 0.192 e. The maximum atomic E-state index is 9.43. The van der Waals surface area contributed by atoms with E-state index in [4.69, 9.17) is 23.4 Å². The lowest BCUT2D eigenvalue weighted by Gasteiger charge is -2.52. The van der Waals surface area contributed by atoms with Gasteiger partial charge in [0.1, 0.15) is 19.0 Å². The molecule has 0 aromatic carbocycles. The van der Waals surface area contributed by atoms with Crippen LogP contribution in [0.1, 0.15) is 41.0 Å². The minimum absolute atomic E-state index is 0.0585. The Balaban J connectivity index is 3.31. The van der Waals surface area contributed by atoms with Crippen LogP contribution in [0.25, 0.3) is 0 Å². The molecule has 0 bridgehead atoms. The zero-order valence-electron chi connectivity index (χ0n) is 20.2. The van der Waals surface area contributed by atoms with E-state index in [1.54, 1.807) is 21.3 Å². The predicted molar refractivity (Wildman–Crippen MR) is 119 cm³/mol. The van der Waals surface area contributed by atoms with Crippen LogP contribution < -0.4 is 0 Å². The van der Waals surface area contributed by atoms with Crippen molar-refractivity contribution >= 4 is 8.32 Å². The Labute approximate surface area is 179 Å². The molecule has 0 aromatic heterocycles. The van der Waals surface area contributed by atoms with Gasteiger partial charge in [0.05, 0.1) is 18.8 Å². The summed E-state index contributed by atoms with van der Waals surface area (Å²) in [6.07, 6.45) is 2.07. The second-order valence-corrected chi connectivity index (χ2v) is 14.5. The topological polar surface area (TPSA) is 66.4 Å². The minimum Gasteiger partial charge on any atom is -0.411 e. The van der Waals surface area contributed by atoms with Crippen LogP contribution in [0.3, 0.4) is 0 Å². The molecule has 1 saturated carbocycles. The first-order chi connectivity index (χ1) is 13.4. The number of ether oxygens (including phenoxy) is 4. The van der Waals surface area contributed by atoms with Crippen molar-refractivity contribution < 1.29 is 28.5 Å². The van der Waals surface area contributed by atoms with Gasteiger partial charge in [-0.05, 0) is 43.3 Å². The molecule has 29 heavy (non-hydrogen) atoms. The third-order valence-corrected chi connectivity index (χ3v) is 11.2. The highest BCUT2D eigenvalue weighted by Crippen LogP contribution is 2.44. The van der Waals surface area contributed by atoms with Gasteiger partial charge in [-0.2, -0.15) is 0 Å². The van der Waals surface area contributed by atoms with Crippen LogP contribution in [0.4, 0.5) is 0 Å². The summed E-state index contributed by atoms with van der Waals surface area (Å²) in [7, 11) is 3.02. The summed E-state index contributed by atoms with van der Waals surface area (Å²) < 4.78 is 30.0. The number of allylic oxidation sites excluding steroid dienone is 1. The van der Waals surface area contributed by atoms with Crippen molar-refractivity contribution in [3.05, 3.63) is 11.6 Å². The molecule has 0 unspecified atom stereocenters. The van der Waals surface area contributed by atoms with E-state index < -0.39 is 8.32 Å². The van der Waals surface area contributed by atoms with Crippen LogP contribution in [0.15, 0.2) is 11.6 Å². The lowest BCUT2D eigenvalue weighted by Crippen LogP contribution is -2.63. The lowest BCUT2D eigenvalue weighted by atomic mass is 9.71. The molecule has 6 nitrogen and oxygen atoms in total. The fourth-order valence-corrected chi connectivity index (χ4v) is 5.19. The van der Waals surface area contributed by atoms with Crippen molar-refractivity contribution in [2.24, 2.45) is 11.8 Å². The Hall–Kier alpha value is -0.283. The Bertz CT molecular complexity index is 516. The standard InChI is InChI=1S/C22H44O6Si/c1-15(13-23)11-12-17-16(2)18(28-29(9,10)22(3,4)5)20(25-7)21(26-8)19(17)27-14-24-6/h11,16-21,23H,12-14H2,1-10H3/b15-11+/t16-,17-,18+,19-,20-,21+/m1/s1. The average Bonchev–Trinajstić information content (AvgIpc) is 2.65. The van der Waals surface area contributed by atoms with Crippen molar-refractivity contribution in [3.63, 3.8) is 0 Å². The van der Waals surface area contributed by atoms with Gasteiger partial charge in [-0.3, -0.25) is 0 Å². The molecule has 0 radical (unpaired) electrons. The van der Waals surface area contributed by atoms with E-state index >= 15 is 0 Å². The van der Waals surface area contributed by atoms with Gasteiger partial charge in [0.25, 0.3) is 0 Å². The summed E-state index contributed by atoms with van der Waals surface area (Å²) in [6, 6.07) is 0. The molecule has 1 N–H and O–H groups in total. The summed E-state index contributed by atoms with van der Waals surface area (Å²) in [5.41, 5.74) is 0.951. The largest absolute Gasteiger partial charge is 0.411 e. The second-order valence-electron chi connectivity index (χ2n) is 9.75. The van der Waals surface area contributed by atoms with Crippen LogP contribution in [0.2, 0.25) is 18.1 Å². The number of aliphatic hydroxyl groups is 1. The van der Waals surface area contributed by atoms with E-state index in [9.17, 15) is 5.11 Å². The highest BCUT2D eigenvalue weighted by molar-refractivity contribution is 6.74. The zero-order chi connectivity index (χ0) is 22.4. The van der Waals surface area contributed by atoms with Crippen LogP contribution >= 0.6 is 0 Å². The van der Waals surface area contributed by atoms with E-state index in [1.165, 1.54) is 0 Å². The quantitative estimate of drug-likeness (QED) is 0.320. The fraction of sp³-hybridized carbons (Fsp3) is 0.909. The summed E-state index contributed by atoms with van der Waals surface area (Å²) in [5, 5.41) is 9.52. The van der Waals surface area contributed by atoms with Gasteiger partial charge < -0.3 is 28.5 Å². The van der Waals surface area contributed by atoms with Gasteiger partial charge in [0.2, 0.25) is 0 Å². The van der Waals surface area contributed by atoms with Crippen LogP contribution in [0.5, 0.6) is 0 Å². The van der Waals surface area contributed by atoms with Crippen LogP contribution in [-0.2, 0) is 23.4 Å². The van der Waals surface area contributed by atoms with E-state index in [1.807, 2.05) is 6.92 Å². The maximum absolute atomic E-state index is 9.43. The fourth-order valence-electron chi connectivity index (χ4n) is 3.80. The van der Waals surface area contributed by atoms with Crippen molar-refractivity contribution in [3.8, 4) is 0 Å². The highest BCUT2D eigenvalue weighted by Gasteiger charge is 2.53. The molecular weight excluding hydrogens is 388 g/mol. The Morgan fingerprint density at radius 2 is 1.55 bits per heavy atom. The highest BCUT2D eigenvalue weighted by atomic mass is 28.4. The lowest BCUT2D eigenvalue weighted by molar-refractivity contribution is -0.226. The summed E-state index contributed by atoms with van der Waals surface area (Å²) in [6.45, 7) is 15.7. The van der Waals surface area contributed by atoms with E-state index in [2.05, 4.69) is 46.9 Å². The van der Waals surface area contributed by atoms with Gasteiger partial charge in [-0.25, -0.2) is 0 Å². The second kappa shape index (κ2) is 11.4. The van der Waals surface area contributed by atoms with Crippen molar-refractivity contribution in [1.29, 1.82) is 0 Å². The predicted octanol–water partition coefficient (Wildman–Crippen LogP) is 3.99. The van der Waals surface area contributed by atoms with E-state index in [-0.39, 0.29) is 54.7 Å². The Morgan fingerprint density at radius 3 is 2.00 bits per heavy atom. The molecule has 0 amide bonds. The van der Waals surface area contributed by atoms with Crippen molar-refractivity contribution in [2.45, 2.75) is 83.6 Å². The summed E-state index contributed by atoms with van der Waals surface area (Å²) in [5.74, 6) is 0.336. The number of aliphatic hydroxyl groups excluding tert-OH is 1. The Morgan fingerprint density at radius 1 is 1.00 bits per heavy atom. The zero-order valence-corrected chi connectivity index (χ0v) is 21.2. The van der Waals surface area contributed by atoms with Crippen LogP contribution in [0, 0.1) is 11.8 Å². The molecule has 1 rings (SSSR count). The first-order valence-corrected chi connectivity index (χ1v) is 13.5. The summed E-state index contributed by atoms with van der Waals surface area (Å²) in [4.78, 5) is 0. The van der Waals surface area contributed by atoms with Crippen LogP contribution in [-0.4, -0.2) is 72.6 Å². The van der Waals surface area contributed by atoms with E-state index in [0.29, 0.717) is 0 Å². The molecule has 1 aliphatic rings. The third kappa shape index (κ3) is 6.60. The average molecular weight is 433 g/mol. The van der Waals surface area contributed by atoms with Gasteiger partial charge in [-0.15, -0.1) is 0 Å².